The van der Waals surface area contributed by atoms with Crippen molar-refractivity contribution in [3.05, 3.63) is 40.2 Å². The third-order valence-corrected chi connectivity index (χ3v) is 3.38. The average molecular weight is 236 g/mol. The summed E-state index contributed by atoms with van der Waals surface area (Å²) < 4.78 is 5.31. The van der Waals surface area contributed by atoms with Gasteiger partial charge in [0.15, 0.2) is 0 Å². The molecule has 0 atom stereocenters. The molecule has 16 heavy (non-hydrogen) atoms. The second-order valence-corrected chi connectivity index (χ2v) is 4.78. The highest BCUT2D eigenvalue weighted by Crippen LogP contribution is 2.13. The van der Waals surface area contributed by atoms with Crippen LogP contribution in [0.1, 0.15) is 23.4 Å². The molecule has 2 aromatic heterocycles. The van der Waals surface area contributed by atoms with Crippen LogP contribution in [0.15, 0.2) is 28.2 Å². The highest BCUT2D eigenvalue weighted by atomic mass is 32.1. The molecule has 86 valence electrons. The Morgan fingerprint density at radius 3 is 2.94 bits per heavy atom. The van der Waals surface area contributed by atoms with Crippen LogP contribution in [0.4, 0.5) is 0 Å². The topological polar surface area (TPSA) is 29.3 Å². The number of nitrogens with zero attached hydrogens (tertiary/aromatic N) is 2. The molecule has 2 rings (SSSR count). The van der Waals surface area contributed by atoms with Gasteiger partial charge in [0.05, 0.1) is 23.5 Å². The largest absolute Gasteiger partial charge is 0.468 e. The molecule has 2 heterocycles. The van der Waals surface area contributed by atoms with Crippen LogP contribution in [0.5, 0.6) is 0 Å². The van der Waals surface area contributed by atoms with Gasteiger partial charge in [0.2, 0.25) is 0 Å². The van der Waals surface area contributed by atoms with Crippen LogP contribution in [0.25, 0.3) is 0 Å². The van der Waals surface area contributed by atoms with Crippen molar-refractivity contribution in [2.75, 3.05) is 7.05 Å². The normalized spacial score (nSPS) is 11.2. The molecule has 0 bridgehead atoms. The summed E-state index contributed by atoms with van der Waals surface area (Å²) in [7, 11) is 2.08. The van der Waals surface area contributed by atoms with Gasteiger partial charge in [-0.15, -0.1) is 11.3 Å². The number of thiazole rings is 1. The van der Waals surface area contributed by atoms with Crippen molar-refractivity contribution in [1.82, 2.24) is 9.88 Å². The Morgan fingerprint density at radius 2 is 2.31 bits per heavy atom. The average Bonchev–Trinajstić information content (AvgIpc) is 2.89. The minimum absolute atomic E-state index is 0.825. The second kappa shape index (κ2) is 5.27. The molecule has 3 nitrogen and oxygen atoms in total. The van der Waals surface area contributed by atoms with E-state index in [1.54, 1.807) is 17.6 Å². The molecule has 0 N–H and O–H groups in total. The van der Waals surface area contributed by atoms with Gasteiger partial charge < -0.3 is 4.42 Å². The van der Waals surface area contributed by atoms with Gasteiger partial charge in [0, 0.05) is 11.9 Å². The molecule has 4 heteroatoms. The first-order chi connectivity index (χ1) is 7.78. The Balaban J connectivity index is 1.89. The second-order valence-electron chi connectivity index (χ2n) is 3.84. The van der Waals surface area contributed by atoms with E-state index in [1.165, 1.54) is 5.01 Å². The van der Waals surface area contributed by atoms with E-state index in [4.69, 9.17) is 4.42 Å². The smallest absolute Gasteiger partial charge is 0.117 e. The van der Waals surface area contributed by atoms with Gasteiger partial charge in [-0.3, -0.25) is 4.90 Å². The molecule has 0 aliphatic heterocycles. The monoisotopic (exact) mass is 236 g/mol. The van der Waals surface area contributed by atoms with Crippen molar-refractivity contribution in [3.63, 3.8) is 0 Å². The van der Waals surface area contributed by atoms with Crippen LogP contribution < -0.4 is 0 Å². The molecule has 0 saturated heterocycles. The van der Waals surface area contributed by atoms with E-state index in [0.717, 1.165) is 31.0 Å². The predicted octanol–water partition coefficient (Wildman–Crippen LogP) is 2.93. The van der Waals surface area contributed by atoms with Crippen LogP contribution in [-0.2, 0) is 19.5 Å². The van der Waals surface area contributed by atoms with Crippen molar-refractivity contribution in [2.24, 2.45) is 0 Å². The molecular weight excluding hydrogens is 220 g/mol. The number of furan rings is 1. The van der Waals surface area contributed by atoms with E-state index in [1.807, 2.05) is 12.1 Å². The lowest BCUT2D eigenvalue weighted by atomic mass is 10.4. The fraction of sp³-hybridized carbons (Fsp3) is 0.417. The van der Waals surface area contributed by atoms with Gasteiger partial charge in [-0.25, -0.2) is 4.98 Å². The minimum atomic E-state index is 0.825. The van der Waals surface area contributed by atoms with Gasteiger partial charge in [-0.1, -0.05) is 6.92 Å². The Bertz CT molecular complexity index is 422. The van der Waals surface area contributed by atoms with Crippen LogP contribution in [0.3, 0.4) is 0 Å². The van der Waals surface area contributed by atoms with Crippen LogP contribution in [-0.4, -0.2) is 16.9 Å². The summed E-state index contributed by atoms with van der Waals surface area (Å²) in [5, 5.41) is 3.35. The quantitative estimate of drug-likeness (QED) is 0.799. The third kappa shape index (κ3) is 2.93. The first-order valence-corrected chi connectivity index (χ1v) is 6.30. The number of hydrogen-bond acceptors (Lipinski definition) is 4. The lowest BCUT2D eigenvalue weighted by Crippen LogP contribution is -2.17. The highest BCUT2D eigenvalue weighted by molar-refractivity contribution is 7.09. The molecular formula is C12H16N2OS. The van der Waals surface area contributed by atoms with E-state index in [2.05, 4.69) is 29.2 Å². The molecule has 0 fully saturated rings. The Labute approximate surface area is 99.7 Å². The van der Waals surface area contributed by atoms with E-state index < -0.39 is 0 Å². The van der Waals surface area contributed by atoms with Gasteiger partial charge in [-0.05, 0) is 25.6 Å². The molecule has 0 aliphatic rings. The molecule has 0 spiro atoms. The van der Waals surface area contributed by atoms with E-state index in [0.29, 0.717) is 0 Å². The standard InChI is InChI=1S/C12H16N2OS/c1-3-12-13-10(9-16-12)7-14(2)8-11-5-4-6-15-11/h4-6,9H,3,7-8H2,1-2H3. The van der Waals surface area contributed by atoms with Crippen molar-refractivity contribution < 1.29 is 4.42 Å². The van der Waals surface area contributed by atoms with Crippen molar-refractivity contribution in [2.45, 2.75) is 26.4 Å². The van der Waals surface area contributed by atoms with Gasteiger partial charge in [0.1, 0.15) is 5.76 Å². The maximum Gasteiger partial charge on any atom is 0.117 e. The van der Waals surface area contributed by atoms with Crippen LogP contribution in [0, 0.1) is 0 Å². The Hall–Kier alpha value is -1.13. The van der Waals surface area contributed by atoms with Gasteiger partial charge >= 0.3 is 0 Å². The van der Waals surface area contributed by atoms with Crippen molar-refractivity contribution in [3.8, 4) is 0 Å². The zero-order valence-corrected chi connectivity index (χ0v) is 10.5. The van der Waals surface area contributed by atoms with E-state index in [9.17, 15) is 0 Å². The number of aryl methyl sites for hydroxylation is 1. The summed E-state index contributed by atoms with van der Waals surface area (Å²) in [5.74, 6) is 0.994. The van der Waals surface area contributed by atoms with Crippen molar-refractivity contribution >= 4 is 11.3 Å². The van der Waals surface area contributed by atoms with E-state index in [-0.39, 0.29) is 0 Å². The number of aromatic nitrogens is 1. The Kier molecular flexibility index (Phi) is 3.74. The predicted molar refractivity (Wildman–Crippen MR) is 65.4 cm³/mol. The van der Waals surface area contributed by atoms with Crippen molar-refractivity contribution in [1.29, 1.82) is 0 Å². The molecule has 0 unspecified atom stereocenters. The molecule has 0 radical (unpaired) electrons. The maximum atomic E-state index is 5.31. The molecule has 0 aromatic carbocycles. The number of rotatable bonds is 5. The zero-order valence-electron chi connectivity index (χ0n) is 9.64. The fourth-order valence-corrected chi connectivity index (χ4v) is 2.32. The Morgan fingerprint density at radius 1 is 1.44 bits per heavy atom. The highest BCUT2D eigenvalue weighted by Gasteiger charge is 2.06. The summed E-state index contributed by atoms with van der Waals surface area (Å²) in [5.41, 5.74) is 1.15. The zero-order chi connectivity index (χ0) is 11.4. The van der Waals surface area contributed by atoms with Crippen LogP contribution in [0.2, 0.25) is 0 Å². The molecule has 0 amide bonds. The SMILES string of the molecule is CCc1nc(CN(C)Cc2ccco2)cs1. The number of hydrogen-bond donors (Lipinski definition) is 0. The molecule has 0 aliphatic carbocycles. The first-order valence-electron chi connectivity index (χ1n) is 5.42. The lowest BCUT2D eigenvalue weighted by Gasteiger charge is -2.12. The first kappa shape index (κ1) is 11.4. The molecule has 0 saturated carbocycles. The summed E-state index contributed by atoms with van der Waals surface area (Å²) >= 11 is 1.74. The van der Waals surface area contributed by atoms with Gasteiger partial charge in [-0.2, -0.15) is 0 Å². The maximum absolute atomic E-state index is 5.31. The summed E-state index contributed by atoms with van der Waals surface area (Å²) in [6, 6.07) is 3.91. The van der Waals surface area contributed by atoms with E-state index >= 15 is 0 Å². The fourth-order valence-electron chi connectivity index (χ4n) is 1.58. The van der Waals surface area contributed by atoms with Gasteiger partial charge in [0.25, 0.3) is 0 Å². The van der Waals surface area contributed by atoms with Crippen LogP contribution >= 0.6 is 11.3 Å². The third-order valence-electron chi connectivity index (χ3n) is 2.34. The molecule has 2 aromatic rings. The summed E-state index contributed by atoms with van der Waals surface area (Å²) in [4.78, 5) is 6.75. The lowest BCUT2D eigenvalue weighted by molar-refractivity contribution is 0.285. The minimum Gasteiger partial charge on any atom is -0.468 e. The summed E-state index contributed by atoms with van der Waals surface area (Å²) in [6.07, 6.45) is 2.73. The summed E-state index contributed by atoms with van der Waals surface area (Å²) in [6.45, 7) is 3.83.